The standard InChI is InChI=1S/C28H36O8/c1-3-26(31)35-16-21(29)14-33-23-5-6-24(25(10-23)34-15-22(30)17-36-27(32)4-2)28-11-18-7-19(12-28)9-20(8-18)13-28/h3-6,10,18-22,29-30H,1-2,7-9,11-17H2. The molecule has 0 heterocycles. The summed E-state index contributed by atoms with van der Waals surface area (Å²) in [6, 6.07) is 5.72. The van der Waals surface area contributed by atoms with E-state index in [0.717, 1.165) is 54.7 Å². The van der Waals surface area contributed by atoms with E-state index in [2.05, 4.69) is 13.2 Å². The van der Waals surface area contributed by atoms with Gasteiger partial charge in [-0.3, -0.25) is 0 Å². The Hall–Kier alpha value is -2.84. The molecule has 196 valence electrons. The maximum atomic E-state index is 11.3. The number of ether oxygens (including phenoxy) is 4. The van der Waals surface area contributed by atoms with Gasteiger partial charge in [0.1, 0.15) is 50.1 Å². The number of hydrogen-bond acceptors (Lipinski definition) is 8. The summed E-state index contributed by atoms with van der Waals surface area (Å²) < 4.78 is 21.6. The van der Waals surface area contributed by atoms with Crippen molar-refractivity contribution >= 4 is 11.9 Å². The van der Waals surface area contributed by atoms with Crippen LogP contribution < -0.4 is 9.47 Å². The van der Waals surface area contributed by atoms with Crippen molar-refractivity contribution in [1.82, 2.24) is 0 Å². The van der Waals surface area contributed by atoms with E-state index in [1.807, 2.05) is 12.1 Å². The van der Waals surface area contributed by atoms with Crippen molar-refractivity contribution in [3.05, 3.63) is 49.1 Å². The van der Waals surface area contributed by atoms with Gasteiger partial charge in [0.25, 0.3) is 0 Å². The van der Waals surface area contributed by atoms with Crippen LogP contribution in [-0.4, -0.2) is 60.8 Å². The minimum absolute atomic E-state index is 0.0482. The predicted molar refractivity (Wildman–Crippen MR) is 132 cm³/mol. The summed E-state index contributed by atoms with van der Waals surface area (Å²) in [5, 5.41) is 20.4. The number of benzene rings is 1. The van der Waals surface area contributed by atoms with Crippen LogP contribution in [0.3, 0.4) is 0 Å². The van der Waals surface area contributed by atoms with E-state index in [9.17, 15) is 19.8 Å². The molecule has 8 heteroatoms. The lowest BCUT2D eigenvalue weighted by atomic mass is 9.48. The Bertz CT molecular complexity index is 935. The van der Waals surface area contributed by atoms with E-state index >= 15 is 0 Å². The van der Waals surface area contributed by atoms with Crippen LogP contribution in [0.2, 0.25) is 0 Å². The molecule has 4 aliphatic rings. The molecule has 0 spiro atoms. The minimum atomic E-state index is -0.998. The SMILES string of the molecule is C=CC(=O)OCC(O)COc1ccc(C23CC4CC(CC(C4)C2)C3)c(OCC(O)COC(=O)C=C)c1. The first-order valence-electron chi connectivity index (χ1n) is 12.6. The number of aliphatic hydroxyl groups excluding tert-OH is 2. The van der Waals surface area contributed by atoms with Crippen LogP contribution in [0.15, 0.2) is 43.5 Å². The van der Waals surface area contributed by atoms with Gasteiger partial charge in [0.2, 0.25) is 0 Å². The molecule has 4 fully saturated rings. The molecule has 0 amide bonds. The molecule has 1 aromatic carbocycles. The van der Waals surface area contributed by atoms with Crippen molar-refractivity contribution in [1.29, 1.82) is 0 Å². The van der Waals surface area contributed by atoms with Crippen LogP contribution in [0.4, 0.5) is 0 Å². The van der Waals surface area contributed by atoms with Gasteiger partial charge in [0.15, 0.2) is 0 Å². The number of aliphatic hydroxyl groups is 2. The first kappa shape index (κ1) is 26.2. The average Bonchev–Trinajstić information content (AvgIpc) is 2.86. The minimum Gasteiger partial charge on any atom is -0.491 e. The second kappa shape index (κ2) is 11.5. The Labute approximate surface area is 211 Å². The summed E-state index contributed by atoms with van der Waals surface area (Å²) >= 11 is 0. The molecule has 36 heavy (non-hydrogen) atoms. The van der Waals surface area contributed by atoms with Gasteiger partial charge in [-0.05, 0) is 67.8 Å². The lowest BCUT2D eigenvalue weighted by Gasteiger charge is -2.57. The highest BCUT2D eigenvalue weighted by Crippen LogP contribution is 2.62. The Kier molecular flexibility index (Phi) is 8.36. The molecular weight excluding hydrogens is 464 g/mol. The first-order chi connectivity index (χ1) is 17.3. The average molecular weight is 501 g/mol. The molecule has 0 radical (unpaired) electrons. The molecule has 4 bridgehead atoms. The van der Waals surface area contributed by atoms with Gasteiger partial charge in [-0.25, -0.2) is 9.59 Å². The largest absolute Gasteiger partial charge is 0.491 e. The summed E-state index contributed by atoms with van der Waals surface area (Å²) in [5.41, 5.74) is 1.19. The molecule has 4 saturated carbocycles. The molecule has 8 nitrogen and oxygen atoms in total. The summed E-state index contributed by atoms with van der Waals surface area (Å²) in [7, 11) is 0. The second-order valence-electron chi connectivity index (χ2n) is 10.5. The van der Waals surface area contributed by atoms with E-state index in [-0.39, 0.29) is 31.8 Å². The Morgan fingerprint density at radius 3 is 1.86 bits per heavy atom. The molecule has 0 aliphatic heterocycles. The zero-order chi connectivity index (χ0) is 25.7. The third kappa shape index (κ3) is 6.28. The van der Waals surface area contributed by atoms with E-state index < -0.39 is 24.1 Å². The van der Waals surface area contributed by atoms with Gasteiger partial charge in [-0.1, -0.05) is 19.2 Å². The van der Waals surface area contributed by atoms with Gasteiger partial charge < -0.3 is 29.2 Å². The van der Waals surface area contributed by atoms with Crippen LogP contribution in [-0.2, 0) is 24.5 Å². The molecule has 2 atom stereocenters. The first-order valence-corrected chi connectivity index (χ1v) is 12.6. The van der Waals surface area contributed by atoms with Crippen LogP contribution in [0, 0.1) is 17.8 Å². The number of carbonyl (C=O) groups is 2. The summed E-state index contributed by atoms with van der Waals surface area (Å²) in [6.45, 7) is 6.17. The van der Waals surface area contributed by atoms with E-state index in [4.69, 9.17) is 18.9 Å². The monoisotopic (exact) mass is 500 g/mol. The third-order valence-electron chi connectivity index (χ3n) is 7.61. The number of carbonyl (C=O) groups excluding carboxylic acids is 2. The van der Waals surface area contributed by atoms with Gasteiger partial charge in [-0.15, -0.1) is 0 Å². The molecule has 0 aromatic heterocycles. The Morgan fingerprint density at radius 1 is 0.861 bits per heavy atom. The van der Waals surface area contributed by atoms with Crippen molar-refractivity contribution in [2.45, 2.75) is 56.1 Å². The van der Waals surface area contributed by atoms with E-state index in [1.54, 1.807) is 6.07 Å². The number of rotatable bonds is 13. The van der Waals surface area contributed by atoms with Gasteiger partial charge >= 0.3 is 11.9 Å². The van der Waals surface area contributed by atoms with Gasteiger partial charge in [0.05, 0.1) is 0 Å². The quantitative estimate of drug-likeness (QED) is 0.314. The van der Waals surface area contributed by atoms with E-state index in [1.165, 1.54) is 19.3 Å². The van der Waals surface area contributed by atoms with Crippen LogP contribution in [0.5, 0.6) is 11.5 Å². The molecule has 2 unspecified atom stereocenters. The van der Waals surface area contributed by atoms with Crippen molar-refractivity contribution in [2.24, 2.45) is 17.8 Å². The van der Waals surface area contributed by atoms with Crippen LogP contribution in [0.1, 0.15) is 44.1 Å². The van der Waals surface area contributed by atoms with Crippen LogP contribution in [0.25, 0.3) is 0 Å². The normalized spacial score (nSPS) is 27.6. The lowest BCUT2D eigenvalue weighted by Crippen LogP contribution is -2.48. The Balaban J connectivity index is 1.47. The van der Waals surface area contributed by atoms with Gasteiger partial charge in [-0.2, -0.15) is 0 Å². The fraction of sp³-hybridized carbons (Fsp3) is 0.571. The topological polar surface area (TPSA) is 112 Å². The molecule has 4 aliphatic carbocycles. The lowest BCUT2D eigenvalue weighted by molar-refractivity contribution is -0.141. The summed E-state index contributed by atoms with van der Waals surface area (Å²) in [6.07, 6.45) is 7.47. The maximum absolute atomic E-state index is 11.3. The maximum Gasteiger partial charge on any atom is 0.330 e. The molecular formula is C28H36O8. The summed E-state index contributed by atoms with van der Waals surface area (Å²) in [4.78, 5) is 22.5. The zero-order valence-corrected chi connectivity index (χ0v) is 20.6. The second-order valence-corrected chi connectivity index (χ2v) is 10.5. The molecule has 2 N–H and O–H groups in total. The van der Waals surface area contributed by atoms with Crippen molar-refractivity contribution in [3.63, 3.8) is 0 Å². The highest BCUT2D eigenvalue weighted by atomic mass is 16.6. The van der Waals surface area contributed by atoms with Crippen molar-refractivity contribution < 1.29 is 38.7 Å². The fourth-order valence-electron chi connectivity index (χ4n) is 6.54. The highest BCUT2D eigenvalue weighted by molar-refractivity contribution is 5.81. The third-order valence-corrected chi connectivity index (χ3v) is 7.61. The zero-order valence-electron chi connectivity index (χ0n) is 20.6. The van der Waals surface area contributed by atoms with Crippen molar-refractivity contribution in [2.75, 3.05) is 26.4 Å². The highest BCUT2D eigenvalue weighted by Gasteiger charge is 2.52. The fourth-order valence-corrected chi connectivity index (χ4v) is 6.54. The number of esters is 2. The predicted octanol–water partition coefficient (Wildman–Crippen LogP) is 3.09. The van der Waals surface area contributed by atoms with Gasteiger partial charge in [0, 0.05) is 23.8 Å². The van der Waals surface area contributed by atoms with Crippen molar-refractivity contribution in [3.8, 4) is 11.5 Å². The summed E-state index contributed by atoms with van der Waals surface area (Å²) in [5.74, 6) is 2.17. The molecule has 0 saturated heterocycles. The smallest absolute Gasteiger partial charge is 0.330 e. The number of hydrogen-bond donors (Lipinski definition) is 2. The van der Waals surface area contributed by atoms with E-state index in [0.29, 0.717) is 11.5 Å². The molecule has 5 rings (SSSR count). The van der Waals surface area contributed by atoms with Crippen LogP contribution >= 0.6 is 0 Å². The molecule has 1 aromatic rings. The Morgan fingerprint density at radius 2 is 1.36 bits per heavy atom.